The zero-order chi connectivity index (χ0) is 18.5. The maximum Gasteiger partial charge on any atom is 0.0912 e. The molecule has 0 saturated carbocycles. The third-order valence-corrected chi connectivity index (χ3v) is 4.87. The zero-order valence-corrected chi connectivity index (χ0v) is 15.1. The molecule has 0 spiro atoms. The normalized spacial score (nSPS) is 13.5. The van der Waals surface area contributed by atoms with Gasteiger partial charge in [0.2, 0.25) is 0 Å². The number of nitrogens with zero attached hydrogens (tertiary/aromatic N) is 2. The maximum atomic E-state index is 11.1. The van der Waals surface area contributed by atoms with Crippen LogP contribution < -0.4 is 5.32 Å². The molecule has 2 aromatic heterocycles. The van der Waals surface area contributed by atoms with Crippen LogP contribution in [-0.2, 0) is 6.54 Å². The Labute approximate surface area is 159 Å². The van der Waals surface area contributed by atoms with Crippen molar-refractivity contribution in [3.05, 3.63) is 103 Å². The first kappa shape index (κ1) is 17.5. The second-order valence-electron chi connectivity index (χ2n) is 6.69. The van der Waals surface area contributed by atoms with Gasteiger partial charge < -0.3 is 15.0 Å². The van der Waals surface area contributed by atoms with E-state index in [4.69, 9.17) is 0 Å². The summed E-state index contributed by atoms with van der Waals surface area (Å²) >= 11 is 0. The van der Waals surface area contributed by atoms with Crippen molar-refractivity contribution in [3.8, 4) is 0 Å². The number of benzene rings is 2. The molecular formula is C23H23N3O. The lowest BCUT2D eigenvalue weighted by atomic mass is 10.0. The van der Waals surface area contributed by atoms with Crippen molar-refractivity contribution < 1.29 is 5.11 Å². The van der Waals surface area contributed by atoms with Gasteiger partial charge in [-0.3, -0.25) is 4.98 Å². The monoisotopic (exact) mass is 357 g/mol. The molecule has 0 saturated heterocycles. The van der Waals surface area contributed by atoms with Gasteiger partial charge >= 0.3 is 0 Å². The Morgan fingerprint density at radius 1 is 0.889 bits per heavy atom. The molecule has 0 unspecified atom stereocenters. The molecular weight excluding hydrogens is 334 g/mol. The Bertz CT molecular complexity index is 982. The fourth-order valence-corrected chi connectivity index (χ4v) is 3.54. The third-order valence-electron chi connectivity index (χ3n) is 4.87. The molecule has 2 atom stereocenters. The summed E-state index contributed by atoms with van der Waals surface area (Å²) in [5.74, 6) is 0. The van der Waals surface area contributed by atoms with E-state index in [0.29, 0.717) is 13.1 Å². The summed E-state index contributed by atoms with van der Waals surface area (Å²) in [6.07, 6.45) is 5.07. The molecule has 2 heterocycles. The highest BCUT2D eigenvalue weighted by molar-refractivity contribution is 5.80. The van der Waals surface area contributed by atoms with Crippen molar-refractivity contribution in [2.75, 3.05) is 6.54 Å². The van der Waals surface area contributed by atoms with Crippen LogP contribution in [0.2, 0.25) is 0 Å². The first-order valence-corrected chi connectivity index (χ1v) is 9.21. The number of fused-ring (bicyclic) bond motifs is 1. The first-order valence-electron chi connectivity index (χ1n) is 9.21. The second kappa shape index (κ2) is 8.16. The van der Waals surface area contributed by atoms with Gasteiger partial charge in [-0.05, 0) is 40.8 Å². The van der Waals surface area contributed by atoms with E-state index in [1.54, 1.807) is 12.4 Å². The zero-order valence-electron chi connectivity index (χ0n) is 15.1. The van der Waals surface area contributed by atoms with E-state index in [1.165, 1.54) is 5.39 Å². The lowest BCUT2D eigenvalue weighted by Crippen LogP contribution is -2.34. The lowest BCUT2D eigenvalue weighted by Gasteiger charge is -2.26. The molecule has 136 valence electrons. The summed E-state index contributed by atoms with van der Waals surface area (Å²) in [6, 6.07) is 24.4. The molecule has 0 amide bonds. The van der Waals surface area contributed by atoms with Crippen molar-refractivity contribution >= 4 is 10.9 Å². The van der Waals surface area contributed by atoms with Gasteiger partial charge in [0.15, 0.2) is 0 Å². The Balaban J connectivity index is 1.58. The van der Waals surface area contributed by atoms with Crippen LogP contribution in [0.25, 0.3) is 10.9 Å². The summed E-state index contributed by atoms with van der Waals surface area (Å²) in [6.45, 7) is 1.20. The number of para-hydroxylation sites is 1. The Hall–Kier alpha value is -2.95. The molecule has 0 aliphatic carbocycles. The summed E-state index contributed by atoms with van der Waals surface area (Å²) in [5, 5.41) is 15.6. The molecule has 2 aromatic carbocycles. The minimum atomic E-state index is -0.565. The summed E-state index contributed by atoms with van der Waals surface area (Å²) in [4.78, 5) is 4.04. The predicted octanol–water partition coefficient (Wildman–Crippen LogP) is 3.78. The van der Waals surface area contributed by atoms with Crippen LogP contribution in [0.3, 0.4) is 0 Å². The maximum absolute atomic E-state index is 11.1. The van der Waals surface area contributed by atoms with E-state index in [9.17, 15) is 5.11 Å². The molecule has 4 heteroatoms. The number of aromatic nitrogens is 2. The van der Waals surface area contributed by atoms with Gasteiger partial charge in [0.1, 0.15) is 0 Å². The Morgan fingerprint density at radius 2 is 1.63 bits per heavy atom. The highest BCUT2D eigenvalue weighted by Gasteiger charge is 2.23. The molecule has 0 radical (unpaired) electrons. The van der Waals surface area contributed by atoms with Crippen LogP contribution in [0.15, 0.2) is 91.4 Å². The van der Waals surface area contributed by atoms with Crippen LogP contribution >= 0.6 is 0 Å². The van der Waals surface area contributed by atoms with Crippen LogP contribution in [0.1, 0.15) is 17.2 Å². The fraction of sp³-hybridized carbons (Fsp3) is 0.174. The van der Waals surface area contributed by atoms with E-state index in [1.807, 2.05) is 42.5 Å². The van der Waals surface area contributed by atoms with E-state index >= 15 is 0 Å². The van der Waals surface area contributed by atoms with Crippen LogP contribution in [0.4, 0.5) is 0 Å². The third kappa shape index (κ3) is 3.92. The molecule has 0 aliphatic heterocycles. The lowest BCUT2D eigenvalue weighted by molar-refractivity contribution is 0.129. The standard InChI is InChI=1S/C23H23N3O/c27-22(17-25-16-18-10-13-24-14-11-18)23(20-7-2-1-3-8-20)26-15-12-19-6-4-5-9-21(19)26/h1-15,22-23,25,27H,16-17H2/t22-,23-/m0/s1. The van der Waals surface area contributed by atoms with Crippen molar-refractivity contribution in [1.29, 1.82) is 0 Å². The fourth-order valence-electron chi connectivity index (χ4n) is 3.54. The number of hydrogen-bond donors (Lipinski definition) is 2. The Morgan fingerprint density at radius 3 is 2.44 bits per heavy atom. The van der Waals surface area contributed by atoms with Gasteiger partial charge in [0.25, 0.3) is 0 Å². The average Bonchev–Trinajstić information content (AvgIpc) is 3.14. The van der Waals surface area contributed by atoms with E-state index in [2.05, 4.69) is 51.4 Å². The highest BCUT2D eigenvalue weighted by Crippen LogP contribution is 2.27. The highest BCUT2D eigenvalue weighted by atomic mass is 16.3. The number of hydrogen-bond acceptors (Lipinski definition) is 3. The van der Waals surface area contributed by atoms with Gasteiger partial charge in [-0.15, -0.1) is 0 Å². The predicted molar refractivity (Wildman–Crippen MR) is 108 cm³/mol. The summed E-state index contributed by atoms with van der Waals surface area (Å²) in [5.41, 5.74) is 3.37. The van der Waals surface area contributed by atoms with E-state index in [-0.39, 0.29) is 6.04 Å². The number of aliphatic hydroxyl groups excluding tert-OH is 1. The van der Waals surface area contributed by atoms with Crippen molar-refractivity contribution in [3.63, 3.8) is 0 Å². The average molecular weight is 357 g/mol. The number of nitrogens with one attached hydrogen (secondary N) is 1. The molecule has 0 aliphatic rings. The van der Waals surface area contributed by atoms with Gasteiger partial charge in [-0.2, -0.15) is 0 Å². The topological polar surface area (TPSA) is 50.1 Å². The summed E-state index contributed by atoms with van der Waals surface area (Å²) < 4.78 is 2.17. The van der Waals surface area contributed by atoms with Gasteiger partial charge in [0, 0.05) is 37.2 Å². The molecule has 0 bridgehead atoms. The first-order chi connectivity index (χ1) is 13.3. The number of rotatable bonds is 7. The van der Waals surface area contributed by atoms with Crippen molar-refractivity contribution in [1.82, 2.24) is 14.9 Å². The molecule has 2 N–H and O–H groups in total. The largest absolute Gasteiger partial charge is 0.389 e. The number of aliphatic hydroxyl groups is 1. The van der Waals surface area contributed by atoms with Crippen LogP contribution in [0, 0.1) is 0 Å². The van der Waals surface area contributed by atoms with Crippen LogP contribution in [-0.4, -0.2) is 27.3 Å². The van der Waals surface area contributed by atoms with E-state index < -0.39 is 6.10 Å². The van der Waals surface area contributed by atoms with Crippen LogP contribution in [0.5, 0.6) is 0 Å². The quantitative estimate of drug-likeness (QED) is 0.529. The van der Waals surface area contributed by atoms with Crippen molar-refractivity contribution in [2.24, 2.45) is 0 Å². The smallest absolute Gasteiger partial charge is 0.0912 e. The minimum Gasteiger partial charge on any atom is -0.389 e. The molecule has 27 heavy (non-hydrogen) atoms. The molecule has 0 fully saturated rings. The molecule has 4 rings (SSSR count). The molecule has 4 nitrogen and oxygen atoms in total. The van der Waals surface area contributed by atoms with E-state index in [0.717, 1.165) is 16.6 Å². The number of pyridine rings is 1. The summed E-state index contributed by atoms with van der Waals surface area (Å²) in [7, 11) is 0. The molecule has 4 aromatic rings. The van der Waals surface area contributed by atoms with Gasteiger partial charge in [0.05, 0.1) is 12.1 Å². The van der Waals surface area contributed by atoms with Crippen molar-refractivity contribution in [2.45, 2.75) is 18.7 Å². The van der Waals surface area contributed by atoms with Gasteiger partial charge in [-0.1, -0.05) is 48.5 Å². The Kier molecular flexibility index (Phi) is 5.28. The van der Waals surface area contributed by atoms with Gasteiger partial charge in [-0.25, -0.2) is 0 Å². The SMILES string of the molecule is O[C@@H](CNCc1ccncc1)[C@H](c1ccccc1)n1ccc2ccccc21. The second-order valence-corrected chi connectivity index (χ2v) is 6.69. The minimum absolute atomic E-state index is 0.156.